The van der Waals surface area contributed by atoms with Crippen LogP contribution >= 0.6 is 0 Å². The van der Waals surface area contributed by atoms with E-state index in [9.17, 15) is 4.79 Å². The summed E-state index contributed by atoms with van der Waals surface area (Å²) >= 11 is 0. The molecule has 140 valence electrons. The molecule has 1 fully saturated rings. The van der Waals surface area contributed by atoms with E-state index in [1.54, 1.807) is 0 Å². The van der Waals surface area contributed by atoms with Crippen LogP contribution in [0.2, 0.25) is 0 Å². The molecule has 1 aliphatic heterocycles. The first-order valence-electron chi connectivity index (χ1n) is 9.38. The topological polar surface area (TPSA) is 64.2 Å². The summed E-state index contributed by atoms with van der Waals surface area (Å²) in [5, 5.41) is 4.65. The Morgan fingerprint density at radius 2 is 1.85 bits per heavy atom. The van der Waals surface area contributed by atoms with E-state index in [2.05, 4.69) is 51.9 Å². The normalized spacial score (nSPS) is 20.8. The van der Waals surface area contributed by atoms with Crippen molar-refractivity contribution in [1.29, 1.82) is 0 Å². The van der Waals surface area contributed by atoms with Gasteiger partial charge in [0.15, 0.2) is 5.69 Å². The number of nitrogens with two attached hydrogens (primary N) is 1. The average molecular weight is 354 g/mol. The van der Waals surface area contributed by atoms with Crippen LogP contribution in [0.5, 0.6) is 0 Å². The summed E-state index contributed by atoms with van der Waals surface area (Å²) in [7, 11) is 0. The quantitative estimate of drug-likeness (QED) is 0.919. The molecule has 0 bridgehead atoms. The summed E-state index contributed by atoms with van der Waals surface area (Å²) in [5.41, 5.74) is 8.99. The Hall–Kier alpha value is -2.14. The minimum Gasteiger partial charge on any atom is -0.335 e. The van der Waals surface area contributed by atoms with E-state index >= 15 is 0 Å². The van der Waals surface area contributed by atoms with Crippen molar-refractivity contribution in [3.8, 4) is 0 Å². The minimum absolute atomic E-state index is 0.0243. The van der Waals surface area contributed by atoms with Crippen molar-refractivity contribution in [2.45, 2.75) is 58.0 Å². The predicted molar refractivity (Wildman–Crippen MR) is 104 cm³/mol. The van der Waals surface area contributed by atoms with E-state index in [-0.39, 0.29) is 23.4 Å². The van der Waals surface area contributed by atoms with Crippen molar-refractivity contribution in [2.75, 3.05) is 13.1 Å². The maximum absolute atomic E-state index is 13.1. The summed E-state index contributed by atoms with van der Waals surface area (Å²) < 4.78 is 1.98. The van der Waals surface area contributed by atoms with E-state index in [1.165, 1.54) is 5.56 Å². The van der Waals surface area contributed by atoms with Crippen LogP contribution in [-0.4, -0.2) is 39.7 Å². The smallest absolute Gasteiger partial charge is 0.274 e. The van der Waals surface area contributed by atoms with Crippen LogP contribution in [0.4, 0.5) is 0 Å². The summed E-state index contributed by atoms with van der Waals surface area (Å²) in [6.45, 7) is 11.8. The van der Waals surface area contributed by atoms with Gasteiger partial charge >= 0.3 is 0 Å². The predicted octanol–water partition coefficient (Wildman–Crippen LogP) is 3.33. The Morgan fingerprint density at radius 3 is 2.38 bits per heavy atom. The Morgan fingerprint density at radius 1 is 1.19 bits per heavy atom. The lowest BCUT2D eigenvalue weighted by molar-refractivity contribution is 0.0781. The first-order valence-corrected chi connectivity index (χ1v) is 9.38. The molecule has 0 unspecified atom stereocenters. The second-order valence-electron chi connectivity index (χ2n) is 8.58. The largest absolute Gasteiger partial charge is 0.335 e. The zero-order chi connectivity index (χ0) is 19.1. The number of carbonyl (C=O) groups is 1. The maximum Gasteiger partial charge on any atom is 0.274 e. The fourth-order valence-electron chi connectivity index (χ4n) is 3.66. The van der Waals surface area contributed by atoms with Gasteiger partial charge in [0.2, 0.25) is 0 Å². The highest BCUT2D eigenvalue weighted by Crippen LogP contribution is 2.29. The number of rotatable bonds is 3. The summed E-state index contributed by atoms with van der Waals surface area (Å²) in [4.78, 5) is 14.9. The van der Waals surface area contributed by atoms with E-state index < -0.39 is 0 Å². The molecule has 5 nitrogen and oxygen atoms in total. The molecule has 1 amide bonds. The van der Waals surface area contributed by atoms with Crippen LogP contribution in [0.3, 0.4) is 0 Å². The van der Waals surface area contributed by atoms with Crippen molar-refractivity contribution < 1.29 is 4.79 Å². The molecule has 0 radical (unpaired) electrons. The van der Waals surface area contributed by atoms with Gasteiger partial charge in [-0.2, -0.15) is 5.10 Å². The minimum atomic E-state index is -0.161. The highest BCUT2D eigenvalue weighted by atomic mass is 16.2. The molecule has 1 saturated heterocycles. The Labute approximate surface area is 156 Å². The number of hydrogen-bond donors (Lipinski definition) is 1. The van der Waals surface area contributed by atoms with Gasteiger partial charge in [-0.25, -0.2) is 0 Å². The summed E-state index contributed by atoms with van der Waals surface area (Å²) in [6, 6.07) is 12.1. The van der Waals surface area contributed by atoms with E-state index in [0.717, 1.165) is 5.69 Å². The molecular formula is C21H30N4O. The monoisotopic (exact) mass is 354 g/mol. The number of carbonyl (C=O) groups excluding carboxylic acids is 1. The molecule has 2 aromatic rings. The number of hydrogen-bond acceptors (Lipinski definition) is 3. The third-order valence-corrected chi connectivity index (χ3v) is 5.06. The van der Waals surface area contributed by atoms with Gasteiger partial charge in [0.25, 0.3) is 5.91 Å². The van der Waals surface area contributed by atoms with Gasteiger partial charge in [-0.1, -0.05) is 44.2 Å². The van der Waals surface area contributed by atoms with Gasteiger partial charge in [0.05, 0.1) is 5.54 Å². The van der Waals surface area contributed by atoms with Crippen LogP contribution in [0.25, 0.3) is 0 Å². The summed E-state index contributed by atoms with van der Waals surface area (Å²) in [6.07, 6.45) is 0. The van der Waals surface area contributed by atoms with Gasteiger partial charge in [-0.3, -0.25) is 9.48 Å². The van der Waals surface area contributed by atoms with Crippen LogP contribution in [-0.2, 0) is 5.54 Å². The zero-order valence-corrected chi connectivity index (χ0v) is 16.4. The molecule has 5 heteroatoms. The van der Waals surface area contributed by atoms with Gasteiger partial charge in [-0.05, 0) is 38.3 Å². The lowest BCUT2D eigenvalue weighted by Crippen LogP contribution is -2.33. The van der Waals surface area contributed by atoms with E-state index in [0.29, 0.717) is 24.7 Å². The first-order chi connectivity index (χ1) is 12.2. The van der Waals surface area contributed by atoms with Crippen LogP contribution in [0, 0.1) is 0 Å². The molecule has 0 spiro atoms. The van der Waals surface area contributed by atoms with Crippen LogP contribution in [0.15, 0.2) is 36.4 Å². The third-order valence-electron chi connectivity index (χ3n) is 5.06. The lowest BCUT2D eigenvalue weighted by atomic mass is 9.95. The van der Waals surface area contributed by atoms with E-state index in [4.69, 9.17) is 5.73 Å². The maximum atomic E-state index is 13.1. The second kappa shape index (κ2) is 6.88. The Kier molecular flexibility index (Phi) is 4.93. The molecule has 1 aliphatic rings. The zero-order valence-electron chi connectivity index (χ0n) is 16.4. The number of nitrogens with zero attached hydrogens (tertiary/aromatic N) is 3. The molecule has 1 aromatic heterocycles. The molecule has 2 heterocycles. The van der Waals surface area contributed by atoms with Crippen molar-refractivity contribution >= 4 is 5.91 Å². The first kappa shape index (κ1) is 18.6. The highest BCUT2D eigenvalue weighted by molar-refractivity contribution is 5.92. The molecular weight excluding hydrogens is 324 g/mol. The van der Waals surface area contributed by atoms with Crippen molar-refractivity contribution in [3.05, 3.63) is 53.3 Å². The molecule has 2 atom stereocenters. The summed E-state index contributed by atoms with van der Waals surface area (Å²) in [5.74, 6) is 0.458. The van der Waals surface area contributed by atoms with Crippen LogP contribution in [0.1, 0.15) is 68.2 Å². The van der Waals surface area contributed by atoms with Crippen molar-refractivity contribution in [1.82, 2.24) is 14.7 Å². The van der Waals surface area contributed by atoms with Crippen molar-refractivity contribution in [2.24, 2.45) is 5.73 Å². The lowest BCUT2D eigenvalue weighted by Gasteiger charge is -2.23. The van der Waals surface area contributed by atoms with Gasteiger partial charge < -0.3 is 10.6 Å². The molecule has 0 aliphatic carbocycles. The molecule has 3 rings (SSSR count). The van der Waals surface area contributed by atoms with Crippen molar-refractivity contribution in [3.63, 3.8) is 0 Å². The number of amides is 1. The fraction of sp³-hybridized carbons (Fsp3) is 0.524. The standard InChI is InChI=1S/C21H30N4O/c1-14(2)19-11-18(23-25(19)21(3,4)5)20(26)24-12-16(17(22)13-24)15-9-7-6-8-10-15/h6-11,14,16-17H,12-13,22H2,1-5H3/t16-,17+/m0/s1. The van der Waals surface area contributed by atoms with Gasteiger partial charge in [0.1, 0.15) is 0 Å². The average Bonchev–Trinajstić information content (AvgIpc) is 3.19. The number of benzene rings is 1. The molecule has 2 N–H and O–H groups in total. The second-order valence-corrected chi connectivity index (χ2v) is 8.58. The third kappa shape index (κ3) is 3.54. The molecule has 26 heavy (non-hydrogen) atoms. The number of aromatic nitrogens is 2. The van der Waals surface area contributed by atoms with E-state index in [1.807, 2.05) is 33.8 Å². The number of likely N-dealkylation sites (tertiary alicyclic amines) is 1. The van der Waals surface area contributed by atoms with Gasteiger partial charge in [0, 0.05) is 30.7 Å². The van der Waals surface area contributed by atoms with Gasteiger partial charge in [-0.15, -0.1) is 0 Å². The Balaban J connectivity index is 1.84. The molecule has 0 saturated carbocycles. The molecule has 1 aromatic carbocycles. The van der Waals surface area contributed by atoms with Crippen LogP contribution < -0.4 is 5.73 Å². The highest BCUT2D eigenvalue weighted by Gasteiger charge is 2.35. The SMILES string of the molecule is CC(C)c1cc(C(=O)N2C[C@@H](N)[C@H](c3ccccc3)C2)nn1C(C)(C)C. The fourth-order valence-corrected chi connectivity index (χ4v) is 3.66. The Bertz CT molecular complexity index is 773.